The highest BCUT2D eigenvalue weighted by atomic mass is 16.5. The second kappa shape index (κ2) is 6.86. The number of hydrogen-bond acceptors (Lipinski definition) is 5. The zero-order valence-electron chi connectivity index (χ0n) is 10.8. The summed E-state index contributed by atoms with van der Waals surface area (Å²) >= 11 is 0. The standard InChI is InChI=1S/C13H17NO5/c1-8(12(14)13(16)17)18-7-10-5-3-4-6-11(10)19-9(2)15/h3-6,8,12H,7,14H2,1-2H3,(H,16,17)/t8-,12+/m1/s1. The molecule has 6 nitrogen and oxygen atoms in total. The quantitative estimate of drug-likeness (QED) is 0.587. The number of carboxylic acids is 1. The van der Waals surface area contributed by atoms with Crippen molar-refractivity contribution in [2.45, 2.75) is 32.6 Å². The van der Waals surface area contributed by atoms with Gasteiger partial charge in [-0.05, 0) is 13.0 Å². The van der Waals surface area contributed by atoms with E-state index < -0.39 is 24.1 Å². The number of carbonyl (C=O) groups excluding carboxylic acids is 1. The molecule has 0 bridgehead atoms. The average molecular weight is 267 g/mol. The summed E-state index contributed by atoms with van der Waals surface area (Å²) in [6.07, 6.45) is -0.650. The van der Waals surface area contributed by atoms with E-state index in [0.717, 1.165) is 0 Å². The molecule has 0 heterocycles. The van der Waals surface area contributed by atoms with Gasteiger partial charge in [0.1, 0.15) is 11.8 Å². The second-order valence-corrected chi connectivity index (χ2v) is 4.08. The third-order valence-electron chi connectivity index (χ3n) is 2.52. The minimum atomic E-state index is -1.12. The van der Waals surface area contributed by atoms with Crippen LogP contribution in [0.1, 0.15) is 19.4 Å². The van der Waals surface area contributed by atoms with E-state index in [0.29, 0.717) is 11.3 Å². The molecule has 1 aromatic carbocycles. The lowest BCUT2D eigenvalue weighted by Crippen LogP contribution is -2.41. The first-order chi connectivity index (χ1) is 8.91. The van der Waals surface area contributed by atoms with Gasteiger partial charge in [-0.1, -0.05) is 18.2 Å². The molecule has 0 aliphatic carbocycles. The molecule has 2 atom stereocenters. The fourth-order valence-corrected chi connectivity index (χ4v) is 1.40. The fourth-order valence-electron chi connectivity index (χ4n) is 1.40. The Bertz CT molecular complexity index is 460. The SMILES string of the molecule is CC(=O)Oc1ccccc1CO[C@H](C)[C@H](N)C(=O)O. The maximum Gasteiger partial charge on any atom is 0.323 e. The van der Waals surface area contributed by atoms with Gasteiger partial charge in [-0.25, -0.2) is 0 Å². The molecule has 0 amide bonds. The van der Waals surface area contributed by atoms with Crippen LogP contribution in [-0.4, -0.2) is 29.2 Å². The van der Waals surface area contributed by atoms with Crippen LogP contribution in [0, 0.1) is 0 Å². The molecule has 0 radical (unpaired) electrons. The molecule has 1 rings (SSSR count). The Morgan fingerprint density at radius 3 is 2.58 bits per heavy atom. The van der Waals surface area contributed by atoms with Crippen LogP contribution in [0.2, 0.25) is 0 Å². The number of carboxylic acid groups (broad SMARTS) is 1. The molecule has 0 aromatic heterocycles. The van der Waals surface area contributed by atoms with Crippen LogP contribution in [0.4, 0.5) is 0 Å². The number of carbonyl (C=O) groups is 2. The highest BCUT2D eigenvalue weighted by Crippen LogP contribution is 2.19. The molecule has 104 valence electrons. The smallest absolute Gasteiger partial charge is 0.323 e. The van der Waals surface area contributed by atoms with Gasteiger partial charge in [0, 0.05) is 12.5 Å². The molecule has 0 saturated carbocycles. The lowest BCUT2D eigenvalue weighted by molar-refractivity contribution is -0.142. The van der Waals surface area contributed by atoms with Gasteiger partial charge in [0.05, 0.1) is 12.7 Å². The van der Waals surface area contributed by atoms with Gasteiger partial charge < -0.3 is 20.3 Å². The van der Waals surface area contributed by atoms with Gasteiger partial charge in [0.2, 0.25) is 0 Å². The van der Waals surface area contributed by atoms with Gasteiger partial charge in [-0.2, -0.15) is 0 Å². The Labute approximate surface area is 111 Å². The molecule has 1 aromatic rings. The van der Waals surface area contributed by atoms with Crippen LogP contribution in [0.25, 0.3) is 0 Å². The molecular formula is C13H17NO5. The summed E-state index contributed by atoms with van der Waals surface area (Å²) in [4.78, 5) is 21.6. The van der Waals surface area contributed by atoms with Crippen molar-refractivity contribution < 1.29 is 24.2 Å². The molecule has 0 unspecified atom stereocenters. The number of aliphatic carboxylic acids is 1. The largest absolute Gasteiger partial charge is 0.480 e. The van der Waals surface area contributed by atoms with Crippen molar-refractivity contribution in [1.29, 1.82) is 0 Å². The summed E-state index contributed by atoms with van der Waals surface area (Å²) in [5, 5.41) is 8.75. The molecule has 0 saturated heterocycles. The van der Waals surface area contributed by atoms with Crippen LogP contribution in [0.5, 0.6) is 5.75 Å². The van der Waals surface area contributed by atoms with E-state index in [-0.39, 0.29) is 6.61 Å². The second-order valence-electron chi connectivity index (χ2n) is 4.08. The highest BCUT2D eigenvalue weighted by Gasteiger charge is 2.21. The topological polar surface area (TPSA) is 98.9 Å². The fraction of sp³-hybridized carbons (Fsp3) is 0.385. The first-order valence-electron chi connectivity index (χ1n) is 5.78. The van der Waals surface area contributed by atoms with E-state index in [1.165, 1.54) is 6.92 Å². The highest BCUT2D eigenvalue weighted by molar-refractivity contribution is 5.73. The molecule has 0 fully saturated rings. The predicted octanol–water partition coefficient (Wildman–Crippen LogP) is 0.929. The number of rotatable bonds is 6. The van der Waals surface area contributed by atoms with Gasteiger partial charge in [0.15, 0.2) is 0 Å². The number of ether oxygens (including phenoxy) is 2. The minimum absolute atomic E-state index is 0.117. The van der Waals surface area contributed by atoms with Crippen molar-refractivity contribution in [2.75, 3.05) is 0 Å². The normalized spacial score (nSPS) is 13.6. The van der Waals surface area contributed by atoms with E-state index in [1.807, 2.05) is 0 Å². The number of benzene rings is 1. The van der Waals surface area contributed by atoms with Crippen LogP contribution in [-0.2, 0) is 20.9 Å². The van der Waals surface area contributed by atoms with E-state index in [2.05, 4.69) is 0 Å². The zero-order chi connectivity index (χ0) is 14.4. The van der Waals surface area contributed by atoms with Gasteiger partial charge in [-0.15, -0.1) is 0 Å². The predicted molar refractivity (Wildman–Crippen MR) is 67.6 cm³/mol. The van der Waals surface area contributed by atoms with E-state index >= 15 is 0 Å². The van der Waals surface area contributed by atoms with Crippen molar-refractivity contribution in [3.63, 3.8) is 0 Å². The third kappa shape index (κ3) is 4.69. The number of esters is 1. The van der Waals surface area contributed by atoms with Crippen molar-refractivity contribution in [2.24, 2.45) is 5.73 Å². The lowest BCUT2D eigenvalue weighted by Gasteiger charge is -2.17. The van der Waals surface area contributed by atoms with Crippen molar-refractivity contribution in [3.05, 3.63) is 29.8 Å². The van der Waals surface area contributed by atoms with Gasteiger partial charge in [-0.3, -0.25) is 9.59 Å². The molecule has 19 heavy (non-hydrogen) atoms. The maximum absolute atomic E-state index is 10.9. The molecular weight excluding hydrogens is 250 g/mol. The molecule has 0 aliphatic rings. The molecule has 0 spiro atoms. The minimum Gasteiger partial charge on any atom is -0.480 e. The van der Waals surface area contributed by atoms with Crippen molar-refractivity contribution in [3.8, 4) is 5.75 Å². The molecule has 6 heteroatoms. The Balaban J connectivity index is 2.67. The monoisotopic (exact) mass is 267 g/mol. The van der Waals surface area contributed by atoms with E-state index in [9.17, 15) is 9.59 Å². The zero-order valence-corrected chi connectivity index (χ0v) is 10.8. The Morgan fingerprint density at radius 2 is 2.00 bits per heavy atom. The first kappa shape index (κ1) is 15.1. The summed E-state index contributed by atoms with van der Waals surface area (Å²) in [6, 6.07) is 5.78. The Kier molecular flexibility index (Phi) is 5.47. The van der Waals surface area contributed by atoms with Crippen molar-refractivity contribution >= 4 is 11.9 Å². The third-order valence-corrected chi connectivity index (χ3v) is 2.52. The summed E-state index contributed by atoms with van der Waals surface area (Å²) in [6.45, 7) is 3.00. The van der Waals surface area contributed by atoms with E-state index in [4.69, 9.17) is 20.3 Å². The maximum atomic E-state index is 10.9. The Morgan fingerprint density at radius 1 is 1.37 bits per heavy atom. The summed E-state index contributed by atoms with van der Waals surface area (Å²) < 4.78 is 10.4. The number of nitrogens with two attached hydrogens (primary N) is 1. The molecule has 0 aliphatic heterocycles. The van der Waals surface area contributed by atoms with E-state index in [1.54, 1.807) is 31.2 Å². The van der Waals surface area contributed by atoms with Gasteiger partial charge >= 0.3 is 11.9 Å². The molecule has 3 N–H and O–H groups in total. The lowest BCUT2D eigenvalue weighted by atomic mass is 10.2. The van der Waals surface area contributed by atoms with Crippen LogP contribution in [0.3, 0.4) is 0 Å². The van der Waals surface area contributed by atoms with Crippen molar-refractivity contribution in [1.82, 2.24) is 0 Å². The van der Waals surface area contributed by atoms with Crippen LogP contribution >= 0.6 is 0 Å². The Hall–Kier alpha value is -1.92. The summed E-state index contributed by atoms with van der Waals surface area (Å²) in [5.74, 6) is -1.16. The number of para-hydroxylation sites is 1. The van der Waals surface area contributed by atoms with Gasteiger partial charge in [0.25, 0.3) is 0 Å². The first-order valence-corrected chi connectivity index (χ1v) is 5.78. The average Bonchev–Trinajstić information content (AvgIpc) is 2.35. The summed E-state index contributed by atoms with van der Waals surface area (Å²) in [7, 11) is 0. The van der Waals surface area contributed by atoms with Crippen LogP contribution < -0.4 is 10.5 Å². The van der Waals surface area contributed by atoms with Crippen LogP contribution in [0.15, 0.2) is 24.3 Å². The number of hydrogen-bond donors (Lipinski definition) is 2. The summed E-state index contributed by atoms with van der Waals surface area (Å²) in [5.41, 5.74) is 6.09.